The minimum atomic E-state index is -0.345. The van der Waals surface area contributed by atoms with Crippen LogP contribution in [0.1, 0.15) is 17.3 Å². The Kier molecular flexibility index (Phi) is 6.78. The van der Waals surface area contributed by atoms with Gasteiger partial charge in [0.2, 0.25) is 5.91 Å². The zero-order valence-electron chi connectivity index (χ0n) is 15.1. The van der Waals surface area contributed by atoms with Crippen LogP contribution >= 0.6 is 27.3 Å². The highest BCUT2D eigenvalue weighted by molar-refractivity contribution is 9.10. The molecule has 0 unspecified atom stereocenters. The van der Waals surface area contributed by atoms with Crippen molar-refractivity contribution in [2.24, 2.45) is 0 Å². The van der Waals surface area contributed by atoms with Gasteiger partial charge in [-0.25, -0.2) is 4.98 Å². The van der Waals surface area contributed by atoms with Gasteiger partial charge in [-0.1, -0.05) is 34.1 Å². The van der Waals surface area contributed by atoms with Gasteiger partial charge >= 0.3 is 0 Å². The Balaban J connectivity index is 1.59. The highest BCUT2D eigenvalue weighted by Crippen LogP contribution is 2.32. The molecule has 0 radical (unpaired) electrons. The molecule has 2 aromatic carbocycles. The quantitative estimate of drug-likeness (QED) is 0.550. The van der Waals surface area contributed by atoms with E-state index in [4.69, 9.17) is 4.74 Å². The smallest absolute Gasteiger partial charge is 0.251 e. The first-order valence-corrected chi connectivity index (χ1v) is 10.3. The van der Waals surface area contributed by atoms with Crippen molar-refractivity contribution in [2.75, 3.05) is 18.5 Å². The van der Waals surface area contributed by atoms with Crippen LogP contribution in [0.4, 0.5) is 5.13 Å². The minimum Gasteiger partial charge on any atom is -0.493 e. The lowest BCUT2D eigenvalue weighted by Gasteiger charge is -2.07. The molecule has 8 heteroatoms. The summed E-state index contributed by atoms with van der Waals surface area (Å²) in [6.07, 6.45) is 0. The number of benzene rings is 2. The van der Waals surface area contributed by atoms with Crippen LogP contribution < -0.4 is 15.4 Å². The Bertz CT molecular complexity index is 990. The van der Waals surface area contributed by atoms with Crippen LogP contribution in [0.5, 0.6) is 5.75 Å². The van der Waals surface area contributed by atoms with E-state index in [9.17, 15) is 9.59 Å². The number of aromatic nitrogens is 1. The van der Waals surface area contributed by atoms with Gasteiger partial charge in [0, 0.05) is 21.0 Å². The van der Waals surface area contributed by atoms with Crippen LogP contribution in [0.15, 0.2) is 58.4 Å². The van der Waals surface area contributed by atoms with E-state index in [1.807, 2.05) is 42.6 Å². The second-order valence-electron chi connectivity index (χ2n) is 5.71. The van der Waals surface area contributed by atoms with Gasteiger partial charge in [-0.05, 0) is 37.3 Å². The number of nitrogens with zero attached hydrogens (tertiary/aromatic N) is 1. The highest BCUT2D eigenvalue weighted by atomic mass is 79.9. The molecule has 6 nitrogen and oxygen atoms in total. The molecule has 0 atom stereocenters. The van der Waals surface area contributed by atoms with Crippen molar-refractivity contribution in [3.8, 4) is 17.0 Å². The molecular weight excluding hydrogens is 442 g/mol. The third kappa shape index (κ3) is 5.17. The molecule has 3 rings (SSSR count). The van der Waals surface area contributed by atoms with E-state index in [0.717, 1.165) is 21.5 Å². The average molecular weight is 460 g/mol. The SMILES string of the molecule is CCOc1ccccc1-c1csc(NC(=O)CNC(=O)c2cccc(Br)c2)n1. The van der Waals surface area contributed by atoms with Crippen LogP contribution in [-0.2, 0) is 4.79 Å². The summed E-state index contributed by atoms with van der Waals surface area (Å²) in [6.45, 7) is 2.34. The van der Waals surface area contributed by atoms with Crippen LogP contribution in [0.25, 0.3) is 11.3 Å². The van der Waals surface area contributed by atoms with Crippen molar-refractivity contribution in [2.45, 2.75) is 6.92 Å². The average Bonchev–Trinajstić information content (AvgIpc) is 3.15. The molecule has 0 fully saturated rings. The van der Waals surface area contributed by atoms with E-state index in [2.05, 4.69) is 31.5 Å². The molecule has 2 amide bonds. The molecule has 2 N–H and O–H groups in total. The van der Waals surface area contributed by atoms with E-state index in [0.29, 0.717) is 17.3 Å². The molecule has 0 aliphatic heterocycles. The number of thiazole rings is 1. The minimum absolute atomic E-state index is 0.143. The highest BCUT2D eigenvalue weighted by Gasteiger charge is 2.13. The van der Waals surface area contributed by atoms with Gasteiger partial charge in [0.15, 0.2) is 5.13 Å². The Labute approximate surface area is 175 Å². The molecule has 0 bridgehead atoms. The number of para-hydroxylation sites is 1. The summed E-state index contributed by atoms with van der Waals surface area (Å²) >= 11 is 4.63. The van der Waals surface area contributed by atoms with Crippen LogP contribution in [0.2, 0.25) is 0 Å². The molecule has 1 heterocycles. The fraction of sp³-hybridized carbons (Fsp3) is 0.150. The normalized spacial score (nSPS) is 10.4. The van der Waals surface area contributed by atoms with Crippen molar-refractivity contribution in [3.63, 3.8) is 0 Å². The van der Waals surface area contributed by atoms with E-state index in [1.54, 1.807) is 18.2 Å². The number of halogens is 1. The van der Waals surface area contributed by atoms with Crippen LogP contribution in [0, 0.1) is 0 Å². The second-order valence-corrected chi connectivity index (χ2v) is 7.48. The summed E-state index contributed by atoms with van der Waals surface area (Å²) in [5.74, 6) is 0.0821. The molecule has 144 valence electrons. The maximum atomic E-state index is 12.1. The van der Waals surface area contributed by atoms with E-state index < -0.39 is 0 Å². The molecule has 0 aliphatic rings. The molecule has 0 saturated heterocycles. The van der Waals surface area contributed by atoms with Crippen molar-refractivity contribution in [1.29, 1.82) is 0 Å². The number of hydrogen-bond acceptors (Lipinski definition) is 5. The molecule has 0 spiro atoms. The largest absolute Gasteiger partial charge is 0.493 e. The number of rotatable bonds is 7. The summed E-state index contributed by atoms with van der Waals surface area (Å²) in [5.41, 5.74) is 2.07. The zero-order valence-corrected chi connectivity index (χ0v) is 17.5. The molecule has 0 saturated carbocycles. The van der Waals surface area contributed by atoms with Crippen molar-refractivity contribution >= 4 is 44.2 Å². The van der Waals surface area contributed by atoms with Gasteiger partial charge in [-0.3, -0.25) is 9.59 Å². The Morgan fingerprint density at radius 2 is 2.00 bits per heavy atom. The number of amides is 2. The second kappa shape index (κ2) is 9.48. The summed E-state index contributed by atoms with van der Waals surface area (Å²) in [4.78, 5) is 28.7. The fourth-order valence-corrected chi connectivity index (χ4v) is 3.60. The maximum Gasteiger partial charge on any atom is 0.251 e. The summed E-state index contributed by atoms with van der Waals surface area (Å²) < 4.78 is 6.42. The predicted octanol–water partition coefficient (Wildman–Crippen LogP) is 4.34. The lowest BCUT2D eigenvalue weighted by Crippen LogP contribution is -2.32. The van der Waals surface area contributed by atoms with Gasteiger partial charge in [0.1, 0.15) is 5.75 Å². The molecular formula is C20H18BrN3O3S. The maximum absolute atomic E-state index is 12.1. The molecule has 3 aromatic rings. The van der Waals surface area contributed by atoms with Gasteiger partial charge in [-0.15, -0.1) is 11.3 Å². The predicted molar refractivity (Wildman–Crippen MR) is 114 cm³/mol. The summed E-state index contributed by atoms with van der Waals surface area (Å²) in [7, 11) is 0. The standard InChI is InChI=1S/C20H18BrN3O3S/c1-2-27-17-9-4-3-8-15(17)16-12-28-20(23-16)24-18(25)11-22-19(26)13-6-5-7-14(21)10-13/h3-10,12H,2,11H2,1H3,(H,22,26)(H,23,24,25). The topological polar surface area (TPSA) is 80.3 Å². The zero-order chi connectivity index (χ0) is 19.9. The first kappa shape index (κ1) is 20.0. The van der Waals surface area contributed by atoms with Gasteiger partial charge in [-0.2, -0.15) is 0 Å². The summed E-state index contributed by atoms with van der Waals surface area (Å²) in [6, 6.07) is 14.6. The van der Waals surface area contributed by atoms with Gasteiger partial charge in [0.05, 0.1) is 18.8 Å². The van der Waals surface area contributed by atoms with Crippen molar-refractivity contribution in [3.05, 3.63) is 63.9 Å². The Morgan fingerprint density at radius 3 is 2.79 bits per heavy atom. The number of carbonyl (C=O) groups excluding carboxylic acids is 2. The lowest BCUT2D eigenvalue weighted by molar-refractivity contribution is -0.115. The van der Waals surface area contributed by atoms with E-state index in [-0.39, 0.29) is 18.4 Å². The molecule has 1 aromatic heterocycles. The van der Waals surface area contributed by atoms with Gasteiger partial charge < -0.3 is 15.4 Å². The number of nitrogens with one attached hydrogen (secondary N) is 2. The van der Waals surface area contributed by atoms with Gasteiger partial charge in [0.25, 0.3) is 5.91 Å². The summed E-state index contributed by atoms with van der Waals surface area (Å²) in [5, 5.41) is 7.62. The Morgan fingerprint density at radius 1 is 1.18 bits per heavy atom. The number of carbonyl (C=O) groups is 2. The molecule has 28 heavy (non-hydrogen) atoms. The number of hydrogen-bond donors (Lipinski definition) is 2. The Hall–Kier alpha value is -2.71. The number of anilines is 1. The molecule has 0 aliphatic carbocycles. The first-order valence-electron chi connectivity index (χ1n) is 8.58. The van der Waals surface area contributed by atoms with E-state index in [1.165, 1.54) is 11.3 Å². The fourth-order valence-electron chi connectivity index (χ4n) is 2.47. The first-order chi connectivity index (χ1) is 13.6. The third-order valence-electron chi connectivity index (χ3n) is 3.71. The van der Waals surface area contributed by atoms with E-state index >= 15 is 0 Å². The van der Waals surface area contributed by atoms with Crippen LogP contribution in [0.3, 0.4) is 0 Å². The van der Waals surface area contributed by atoms with Crippen LogP contribution in [-0.4, -0.2) is 29.9 Å². The lowest BCUT2D eigenvalue weighted by atomic mass is 10.1. The third-order valence-corrected chi connectivity index (χ3v) is 4.96. The van der Waals surface area contributed by atoms with Crippen molar-refractivity contribution in [1.82, 2.24) is 10.3 Å². The van der Waals surface area contributed by atoms with Crippen molar-refractivity contribution < 1.29 is 14.3 Å². The number of ether oxygens (including phenoxy) is 1. The monoisotopic (exact) mass is 459 g/mol.